The quantitative estimate of drug-likeness (QED) is 0.600. The second kappa shape index (κ2) is 3.02. The first-order valence-corrected chi connectivity index (χ1v) is 4.96. The SMILES string of the molecule is CC1=Nc2ccccc2CC1Br. The highest BCUT2D eigenvalue weighted by Gasteiger charge is 2.16. The molecule has 1 unspecified atom stereocenters. The molecule has 1 aliphatic heterocycles. The van der Waals surface area contributed by atoms with Crippen LogP contribution in [0.4, 0.5) is 5.69 Å². The molecule has 0 N–H and O–H groups in total. The second-order valence-electron chi connectivity index (χ2n) is 3.05. The van der Waals surface area contributed by atoms with E-state index in [1.54, 1.807) is 0 Å². The zero-order chi connectivity index (χ0) is 8.55. The van der Waals surface area contributed by atoms with E-state index in [0.717, 1.165) is 12.1 Å². The summed E-state index contributed by atoms with van der Waals surface area (Å²) in [5.41, 5.74) is 3.64. The summed E-state index contributed by atoms with van der Waals surface area (Å²) in [6, 6.07) is 8.30. The van der Waals surface area contributed by atoms with Crippen LogP contribution in [-0.4, -0.2) is 10.5 Å². The van der Waals surface area contributed by atoms with E-state index in [9.17, 15) is 0 Å². The van der Waals surface area contributed by atoms with Gasteiger partial charge in [-0.3, -0.25) is 4.99 Å². The number of nitrogens with zero attached hydrogens (tertiary/aromatic N) is 1. The van der Waals surface area contributed by atoms with Gasteiger partial charge in [-0.05, 0) is 25.0 Å². The van der Waals surface area contributed by atoms with E-state index >= 15 is 0 Å². The molecule has 1 atom stereocenters. The van der Waals surface area contributed by atoms with Gasteiger partial charge in [-0.2, -0.15) is 0 Å². The third kappa shape index (κ3) is 1.31. The highest BCUT2D eigenvalue weighted by atomic mass is 79.9. The average Bonchev–Trinajstić information content (AvgIpc) is 2.07. The number of rotatable bonds is 0. The Balaban J connectivity index is 2.49. The maximum atomic E-state index is 4.50. The van der Waals surface area contributed by atoms with Crippen LogP contribution in [0.3, 0.4) is 0 Å². The molecule has 62 valence electrons. The lowest BCUT2D eigenvalue weighted by molar-refractivity contribution is 1.03. The first-order chi connectivity index (χ1) is 5.77. The van der Waals surface area contributed by atoms with Crippen molar-refractivity contribution >= 4 is 27.3 Å². The molecule has 2 heteroatoms. The maximum Gasteiger partial charge on any atom is 0.0661 e. The number of fused-ring (bicyclic) bond motifs is 1. The van der Waals surface area contributed by atoms with Crippen LogP contribution >= 0.6 is 15.9 Å². The van der Waals surface area contributed by atoms with Crippen LogP contribution < -0.4 is 0 Å². The van der Waals surface area contributed by atoms with Crippen LogP contribution in [0.5, 0.6) is 0 Å². The van der Waals surface area contributed by atoms with Crippen LogP contribution in [0.1, 0.15) is 12.5 Å². The molecule has 12 heavy (non-hydrogen) atoms. The first-order valence-electron chi connectivity index (χ1n) is 4.04. The fourth-order valence-electron chi connectivity index (χ4n) is 1.39. The molecule has 0 saturated carbocycles. The van der Waals surface area contributed by atoms with Crippen LogP contribution in [0.2, 0.25) is 0 Å². The van der Waals surface area contributed by atoms with Crippen molar-refractivity contribution < 1.29 is 0 Å². The molecule has 2 rings (SSSR count). The lowest BCUT2D eigenvalue weighted by atomic mass is 10.0. The molecule has 0 aliphatic carbocycles. The summed E-state index contributed by atoms with van der Waals surface area (Å²) in [7, 11) is 0. The van der Waals surface area contributed by atoms with E-state index in [0.29, 0.717) is 4.83 Å². The summed E-state index contributed by atoms with van der Waals surface area (Å²) >= 11 is 3.59. The highest BCUT2D eigenvalue weighted by molar-refractivity contribution is 9.10. The number of aliphatic imine (C=N–C) groups is 1. The summed E-state index contributed by atoms with van der Waals surface area (Å²) in [4.78, 5) is 4.92. The van der Waals surface area contributed by atoms with Crippen molar-refractivity contribution in [2.45, 2.75) is 18.2 Å². The molecule has 1 aromatic carbocycles. The predicted octanol–water partition coefficient (Wildman–Crippen LogP) is 3.10. The molecule has 0 amide bonds. The minimum Gasteiger partial charge on any atom is -0.257 e. The molecule has 0 radical (unpaired) electrons. The fourth-order valence-corrected chi connectivity index (χ4v) is 1.84. The van der Waals surface area contributed by atoms with Gasteiger partial charge in [-0.15, -0.1) is 0 Å². The molecule has 0 aromatic heterocycles. The minimum absolute atomic E-state index is 0.424. The van der Waals surface area contributed by atoms with Crippen molar-refractivity contribution in [1.82, 2.24) is 0 Å². The predicted molar refractivity (Wildman–Crippen MR) is 55.6 cm³/mol. The van der Waals surface area contributed by atoms with E-state index in [1.807, 2.05) is 6.07 Å². The Kier molecular flexibility index (Phi) is 2.01. The molecule has 0 saturated heterocycles. The normalized spacial score (nSPS) is 21.5. The van der Waals surface area contributed by atoms with E-state index < -0.39 is 0 Å². The van der Waals surface area contributed by atoms with Gasteiger partial charge in [-0.25, -0.2) is 0 Å². The minimum atomic E-state index is 0.424. The van der Waals surface area contributed by atoms with Gasteiger partial charge in [0.1, 0.15) is 0 Å². The van der Waals surface area contributed by atoms with E-state index in [1.165, 1.54) is 11.3 Å². The van der Waals surface area contributed by atoms with Crippen LogP contribution in [0, 0.1) is 0 Å². The van der Waals surface area contributed by atoms with Crippen LogP contribution in [0.15, 0.2) is 29.3 Å². The maximum absolute atomic E-state index is 4.50. The van der Waals surface area contributed by atoms with Crippen LogP contribution in [-0.2, 0) is 6.42 Å². The van der Waals surface area contributed by atoms with Crippen molar-refractivity contribution in [3.05, 3.63) is 29.8 Å². The highest BCUT2D eigenvalue weighted by Crippen LogP contribution is 2.27. The number of alkyl halides is 1. The third-order valence-corrected chi connectivity index (χ3v) is 3.13. The lowest BCUT2D eigenvalue weighted by Gasteiger charge is -2.17. The lowest BCUT2D eigenvalue weighted by Crippen LogP contribution is -2.16. The number of halogens is 1. The Labute approximate surface area is 80.6 Å². The number of para-hydroxylation sites is 1. The van der Waals surface area contributed by atoms with Crippen molar-refractivity contribution in [3.63, 3.8) is 0 Å². The van der Waals surface area contributed by atoms with Crippen LogP contribution in [0.25, 0.3) is 0 Å². The number of hydrogen-bond donors (Lipinski definition) is 0. The Morgan fingerprint density at radius 1 is 1.42 bits per heavy atom. The summed E-state index contributed by atoms with van der Waals surface area (Å²) in [6.45, 7) is 2.06. The standard InChI is InChI=1S/C10H10BrN/c1-7-9(11)6-8-4-2-3-5-10(8)12-7/h2-5,9H,6H2,1H3. The van der Waals surface area contributed by atoms with Gasteiger partial charge in [0.25, 0.3) is 0 Å². The molecule has 1 aromatic rings. The number of benzene rings is 1. The smallest absolute Gasteiger partial charge is 0.0661 e. The summed E-state index contributed by atoms with van der Waals surface area (Å²) < 4.78 is 0. The summed E-state index contributed by atoms with van der Waals surface area (Å²) in [5.74, 6) is 0. The van der Waals surface area contributed by atoms with E-state index in [4.69, 9.17) is 0 Å². The van der Waals surface area contributed by atoms with Crippen molar-refractivity contribution in [2.75, 3.05) is 0 Å². The molecule has 0 spiro atoms. The molecule has 0 fully saturated rings. The van der Waals surface area contributed by atoms with Gasteiger partial charge in [0.2, 0.25) is 0 Å². The fraction of sp³-hybridized carbons (Fsp3) is 0.300. The van der Waals surface area contributed by atoms with Gasteiger partial charge in [0.05, 0.1) is 10.5 Å². The number of hydrogen-bond acceptors (Lipinski definition) is 1. The zero-order valence-electron chi connectivity index (χ0n) is 6.92. The van der Waals surface area contributed by atoms with Crippen molar-refractivity contribution in [1.29, 1.82) is 0 Å². The van der Waals surface area contributed by atoms with Gasteiger partial charge >= 0.3 is 0 Å². The molecule has 0 bridgehead atoms. The topological polar surface area (TPSA) is 12.4 Å². The second-order valence-corrected chi connectivity index (χ2v) is 4.16. The Morgan fingerprint density at radius 3 is 3.00 bits per heavy atom. The third-order valence-electron chi connectivity index (χ3n) is 2.14. The molecule has 1 heterocycles. The van der Waals surface area contributed by atoms with Gasteiger partial charge in [0, 0.05) is 5.71 Å². The van der Waals surface area contributed by atoms with Crippen molar-refractivity contribution in [2.24, 2.45) is 4.99 Å². The van der Waals surface area contributed by atoms with Gasteiger partial charge in [0.15, 0.2) is 0 Å². The summed E-state index contributed by atoms with van der Waals surface area (Å²) in [6.07, 6.45) is 1.06. The Hall–Kier alpha value is -0.630. The molecular formula is C10H10BrN. The monoisotopic (exact) mass is 223 g/mol. The molecule has 1 nitrogen and oxygen atoms in total. The van der Waals surface area contributed by atoms with E-state index in [2.05, 4.69) is 46.0 Å². The summed E-state index contributed by atoms with van der Waals surface area (Å²) in [5, 5.41) is 0. The Bertz CT molecular complexity index is 330. The zero-order valence-corrected chi connectivity index (χ0v) is 8.51. The van der Waals surface area contributed by atoms with Gasteiger partial charge in [-0.1, -0.05) is 34.1 Å². The molecule has 1 aliphatic rings. The molecular weight excluding hydrogens is 214 g/mol. The van der Waals surface area contributed by atoms with E-state index in [-0.39, 0.29) is 0 Å². The first kappa shape index (κ1) is 7.99. The Morgan fingerprint density at radius 2 is 2.17 bits per heavy atom. The largest absolute Gasteiger partial charge is 0.257 e. The van der Waals surface area contributed by atoms with Crippen molar-refractivity contribution in [3.8, 4) is 0 Å². The van der Waals surface area contributed by atoms with Gasteiger partial charge < -0.3 is 0 Å². The average molecular weight is 224 g/mol.